The van der Waals surface area contributed by atoms with Crippen LogP contribution >= 0.6 is 23.4 Å². The van der Waals surface area contributed by atoms with Crippen molar-refractivity contribution >= 4 is 46.6 Å². The highest BCUT2D eigenvalue weighted by molar-refractivity contribution is 7.98. The highest BCUT2D eigenvalue weighted by Gasteiger charge is 2.41. The lowest BCUT2D eigenvalue weighted by Crippen LogP contribution is -2.54. The fourth-order valence-corrected chi connectivity index (χ4v) is 6.81. The van der Waals surface area contributed by atoms with E-state index in [9.17, 15) is 22.8 Å². The van der Waals surface area contributed by atoms with Gasteiger partial charge in [0.05, 0.1) is 16.8 Å². The van der Waals surface area contributed by atoms with E-state index in [0.717, 1.165) is 49.4 Å². The third kappa shape index (κ3) is 8.08. The predicted molar refractivity (Wildman–Crippen MR) is 170 cm³/mol. The van der Waals surface area contributed by atoms with Crippen LogP contribution in [0.1, 0.15) is 53.6 Å². The number of benzene rings is 3. The summed E-state index contributed by atoms with van der Waals surface area (Å²) in [4.78, 5) is 29.6. The molecule has 2 amide bonds. The lowest BCUT2D eigenvalue weighted by Gasteiger charge is -2.39. The lowest BCUT2D eigenvalue weighted by atomic mass is 9.96. The Bertz CT molecular complexity index is 1440. The molecule has 6 nitrogen and oxygen atoms in total. The summed E-state index contributed by atoms with van der Waals surface area (Å²) < 4.78 is 39.7. The smallest absolute Gasteiger partial charge is 0.355 e. The van der Waals surface area contributed by atoms with Crippen LogP contribution in [0.15, 0.2) is 72.8 Å². The summed E-state index contributed by atoms with van der Waals surface area (Å²) in [5, 5.41) is 9.78. The summed E-state index contributed by atoms with van der Waals surface area (Å²) in [7, 11) is 0. The molecular formula is C33H36ClF3N4O2S. The van der Waals surface area contributed by atoms with Gasteiger partial charge in [0, 0.05) is 35.4 Å². The molecule has 5 rings (SSSR count). The monoisotopic (exact) mass is 644 g/mol. The molecule has 3 aromatic rings. The quantitative estimate of drug-likeness (QED) is 0.205. The maximum atomic E-state index is 13.5. The molecule has 0 saturated carbocycles. The summed E-state index contributed by atoms with van der Waals surface area (Å²) in [6.07, 6.45) is 1.79. The molecule has 2 aliphatic rings. The van der Waals surface area contributed by atoms with Crippen molar-refractivity contribution in [2.24, 2.45) is 0 Å². The Balaban J connectivity index is 1.23. The Hall–Kier alpha value is -3.21. The molecule has 1 unspecified atom stereocenters. The first kappa shape index (κ1) is 32.2. The predicted octanol–water partition coefficient (Wildman–Crippen LogP) is 7.27. The topological polar surface area (TPSA) is 73.5 Å². The number of hydrogen-bond acceptors (Lipinski definition) is 5. The number of halogens is 4. The van der Waals surface area contributed by atoms with Crippen molar-refractivity contribution in [3.05, 3.63) is 94.5 Å². The van der Waals surface area contributed by atoms with E-state index in [2.05, 4.69) is 33.0 Å². The number of piperidine rings is 1. The maximum Gasteiger partial charge on any atom is 0.416 e. The summed E-state index contributed by atoms with van der Waals surface area (Å²) in [5.74, 6) is -0.0155. The van der Waals surface area contributed by atoms with Crippen molar-refractivity contribution in [1.82, 2.24) is 15.5 Å². The van der Waals surface area contributed by atoms with Crippen molar-refractivity contribution in [3.63, 3.8) is 0 Å². The van der Waals surface area contributed by atoms with E-state index in [1.807, 2.05) is 18.4 Å². The Labute approximate surface area is 265 Å². The molecule has 2 heterocycles. The molecule has 0 aliphatic carbocycles. The minimum atomic E-state index is -4.49. The zero-order valence-electron chi connectivity index (χ0n) is 24.4. The van der Waals surface area contributed by atoms with E-state index < -0.39 is 23.7 Å². The van der Waals surface area contributed by atoms with Gasteiger partial charge in [0.15, 0.2) is 0 Å². The van der Waals surface area contributed by atoms with Gasteiger partial charge in [-0.2, -0.15) is 24.9 Å². The lowest BCUT2D eigenvalue weighted by molar-refractivity contribution is -0.137. The van der Waals surface area contributed by atoms with Gasteiger partial charge in [0.25, 0.3) is 5.91 Å². The second-order valence-corrected chi connectivity index (χ2v) is 12.8. The van der Waals surface area contributed by atoms with Gasteiger partial charge in [0.2, 0.25) is 5.91 Å². The van der Waals surface area contributed by atoms with Gasteiger partial charge in [-0.15, -0.1) is 0 Å². The molecule has 2 bridgehead atoms. The minimum Gasteiger partial charge on any atom is -0.355 e. The number of para-hydroxylation sites is 1. The van der Waals surface area contributed by atoms with Crippen LogP contribution in [0.25, 0.3) is 0 Å². The number of rotatable bonds is 11. The Morgan fingerprint density at radius 1 is 1.00 bits per heavy atom. The van der Waals surface area contributed by atoms with Gasteiger partial charge in [-0.25, -0.2) is 0 Å². The standard InChI is InChI=1S/C33H36ClF3N4O2S/c1-44-16-15-30(32(43)39-25-18-26-13-14-27(19-25)41(26)20-21-9-11-23(34)12-10-21)40-31(42)28-7-2-3-8-29(28)38-24-6-4-5-22(17-24)33(35,36)37/h2-12,17,25-27,30,38H,13-16,18-20H2,1H3,(H,39,43)(H,40,42)/t25?,26-,27+,30-/m0/s1. The van der Waals surface area contributed by atoms with Crippen molar-refractivity contribution in [2.45, 2.75) is 69.0 Å². The van der Waals surface area contributed by atoms with E-state index in [-0.39, 0.29) is 23.2 Å². The first-order valence-corrected chi connectivity index (χ1v) is 16.5. The third-order valence-corrected chi connectivity index (χ3v) is 9.28. The second kappa shape index (κ2) is 14.3. The number of fused-ring (bicyclic) bond motifs is 2. The number of thioether (sulfide) groups is 1. The highest BCUT2D eigenvalue weighted by Crippen LogP contribution is 2.37. The van der Waals surface area contributed by atoms with Gasteiger partial charge in [-0.05, 0) is 92.1 Å². The number of carbonyl (C=O) groups is 2. The van der Waals surface area contributed by atoms with Crippen LogP contribution in [0.4, 0.5) is 24.5 Å². The second-order valence-electron chi connectivity index (χ2n) is 11.4. The molecule has 0 spiro atoms. The van der Waals surface area contributed by atoms with Crippen LogP contribution in [0.3, 0.4) is 0 Å². The zero-order valence-corrected chi connectivity index (χ0v) is 25.9. The molecule has 0 radical (unpaired) electrons. The summed E-state index contributed by atoms with van der Waals surface area (Å²) in [6, 6.07) is 19.4. The fraction of sp³-hybridized carbons (Fsp3) is 0.394. The third-order valence-electron chi connectivity index (χ3n) is 8.38. The first-order valence-electron chi connectivity index (χ1n) is 14.7. The maximum absolute atomic E-state index is 13.5. The molecule has 44 heavy (non-hydrogen) atoms. The zero-order chi connectivity index (χ0) is 31.3. The average Bonchev–Trinajstić information content (AvgIpc) is 3.22. The molecule has 3 aromatic carbocycles. The van der Waals surface area contributed by atoms with Crippen LogP contribution in [-0.4, -0.2) is 52.9 Å². The largest absolute Gasteiger partial charge is 0.416 e. The molecular weight excluding hydrogens is 609 g/mol. The van der Waals surface area contributed by atoms with Crippen LogP contribution in [0.2, 0.25) is 5.02 Å². The van der Waals surface area contributed by atoms with E-state index in [0.29, 0.717) is 29.9 Å². The Morgan fingerprint density at radius 2 is 1.70 bits per heavy atom. The van der Waals surface area contributed by atoms with E-state index in [4.69, 9.17) is 11.6 Å². The SMILES string of the molecule is CSCC[C@H](NC(=O)c1ccccc1Nc1cccc(C(F)(F)F)c1)C(=O)NC1C[C@H]2CC[C@@H](C1)N2Cc1ccc(Cl)cc1. The number of nitrogens with one attached hydrogen (secondary N) is 3. The van der Waals surface area contributed by atoms with E-state index >= 15 is 0 Å². The number of carbonyl (C=O) groups excluding carboxylic acids is 2. The molecule has 2 aliphatic heterocycles. The number of hydrogen-bond donors (Lipinski definition) is 3. The van der Waals surface area contributed by atoms with Crippen molar-refractivity contribution < 1.29 is 22.8 Å². The number of anilines is 2. The summed E-state index contributed by atoms with van der Waals surface area (Å²) >= 11 is 7.64. The fourth-order valence-electron chi connectivity index (χ4n) is 6.21. The molecule has 2 saturated heterocycles. The van der Waals surface area contributed by atoms with Crippen molar-refractivity contribution in [2.75, 3.05) is 17.3 Å². The normalized spacial score (nSPS) is 20.6. The average molecular weight is 645 g/mol. The molecule has 2 fully saturated rings. The van der Waals surface area contributed by atoms with Gasteiger partial charge in [-0.1, -0.05) is 41.9 Å². The molecule has 11 heteroatoms. The molecule has 0 aromatic heterocycles. The molecule has 234 valence electrons. The Morgan fingerprint density at radius 3 is 2.39 bits per heavy atom. The number of amides is 2. The van der Waals surface area contributed by atoms with Gasteiger partial charge >= 0.3 is 6.18 Å². The highest BCUT2D eigenvalue weighted by atomic mass is 35.5. The van der Waals surface area contributed by atoms with E-state index in [1.165, 1.54) is 17.7 Å². The number of alkyl halides is 3. The van der Waals surface area contributed by atoms with Crippen molar-refractivity contribution in [3.8, 4) is 0 Å². The first-order chi connectivity index (χ1) is 21.1. The van der Waals surface area contributed by atoms with E-state index in [1.54, 1.807) is 36.0 Å². The van der Waals surface area contributed by atoms with Crippen molar-refractivity contribution in [1.29, 1.82) is 0 Å². The number of nitrogens with zero attached hydrogens (tertiary/aromatic N) is 1. The minimum absolute atomic E-state index is 0.0185. The Kier molecular flexibility index (Phi) is 10.4. The molecule has 4 atom stereocenters. The van der Waals surface area contributed by atoms with Gasteiger partial charge < -0.3 is 16.0 Å². The van der Waals surface area contributed by atoms with Gasteiger partial charge in [-0.3, -0.25) is 14.5 Å². The van der Waals surface area contributed by atoms with Crippen LogP contribution < -0.4 is 16.0 Å². The summed E-state index contributed by atoms with van der Waals surface area (Å²) in [6.45, 7) is 0.855. The van der Waals surface area contributed by atoms with Crippen LogP contribution in [-0.2, 0) is 17.5 Å². The molecule has 3 N–H and O–H groups in total. The summed E-state index contributed by atoms with van der Waals surface area (Å²) in [5.41, 5.74) is 1.21. The van der Waals surface area contributed by atoms with Crippen LogP contribution in [0.5, 0.6) is 0 Å². The van der Waals surface area contributed by atoms with Crippen LogP contribution in [0, 0.1) is 0 Å². The van der Waals surface area contributed by atoms with Gasteiger partial charge in [0.1, 0.15) is 6.04 Å².